The maximum atomic E-state index is 12.4. The third-order valence-electron chi connectivity index (χ3n) is 8.03. The molecule has 1 saturated carbocycles. The van der Waals surface area contributed by atoms with E-state index in [1.165, 1.54) is 24.8 Å². The molecule has 5 rings (SSSR count). The molecular weight excluding hydrogens is 488 g/mol. The summed E-state index contributed by atoms with van der Waals surface area (Å²) in [6.07, 6.45) is 10.2. The number of hydrogen-bond donors (Lipinski definition) is 1. The molecule has 1 unspecified atom stereocenters. The molecule has 1 N–H and O–H groups in total. The molecule has 1 aromatic heterocycles. The van der Waals surface area contributed by atoms with E-state index in [4.69, 9.17) is 21.1 Å². The number of morpholine rings is 1. The van der Waals surface area contributed by atoms with Gasteiger partial charge in [-0.3, -0.25) is 4.90 Å². The van der Waals surface area contributed by atoms with Gasteiger partial charge in [-0.25, -0.2) is 9.78 Å². The summed E-state index contributed by atoms with van der Waals surface area (Å²) >= 11 is 6.12. The quantitative estimate of drug-likeness (QED) is 0.543. The van der Waals surface area contributed by atoms with Gasteiger partial charge < -0.3 is 19.7 Å². The van der Waals surface area contributed by atoms with Crippen LogP contribution in [0.5, 0.6) is 0 Å². The largest absolute Gasteiger partial charge is 0.447 e. The molecule has 1 aromatic carbocycles. The Bertz CT molecular complexity index is 978. The van der Waals surface area contributed by atoms with Crippen molar-refractivity contribution in [2.75, 3.05) is 37.7 Å². The summed E-state index contributed by atoms with van der Waals surface area (Å²) in [6, 6.07) is 15.2. The molecule has 3 heterocycles. The Balaban J connectivity index is 1.19. The average Bonchev–Trinajstić information content (AvgIpc) is 2.95. The number of halogens is 1. The predicted molar refractivity (Wildman–Crippen MR) is 146 cm³/mol. The molecular formula is C29H39ClN4O3. The molecule has 2 aromatic rings. The molecule has 2 aliphatic heterocycles. The summed E-state index contributed by atoms with van der Waals surface area (Å²) in [5.74, 6) is 1.05. The fourth-order valence-electron chi connectivity index (χ4n) is 5.99. The van der Waals surface area contributed by atoms with Gasteiger partial charge in [-0.2, -0.15) is 0 Å². The number of ether oxygens (including phenoxy) is 2. The van der Waals surface area contributed by atoms with Gasteiger partial charge in [-0.15, -0.1) is 0 Å². The van der Waals surface area contributed by atoms with Crippen LogP contribution in [0.4, 0.5) is 10.6 Å². The van der Waals surface area contributed by atoms with Gasteiger partial charge in [-0.05, 0) is 61.9 Å². The highest BCUT2D eigenvalue weighted by Crippen LogP contribution is 2.27. The summed E-state index contributed by atoms with van der Waals surface area (Å²) in [5, 5.41) is 3.80. The number of nitrogens with one attached hydrogen (secondary N) is 1. The van der Waals surface area contributed by atoms with E-state index in [0.29, 0.717) is 12.6 Å². The van der Waals surface area contributed by atoms with Gasteiger partial charge in [0.15, 0.2) is 0 Å². The van der Waals surface area contributed by atoms with E-state index in [1.807, 2.05) is 30.5 Å². The highest BCUT2D eigenvalue weighted by Gasteiger charge is 2.36. The summed E-state index contributed by atoms with van der Waals surface area (Å²) in [7, 11) is 0. The van der Waals surface area contributed by atoms with E-state index in [1.54, 1.807) is 0 Å². The van der Waals surface area contributed by atoms with Gasteiger partial charge in [0, 0.05) is 49.0 Å². The number of pyridine rings is 1. The maximum absolute atomic E-state index is 12.4. The molecule has 200 valence electrons. The number of benzene rings is 1. The number of amides is 1. The van der Waals surface area contributed by atoms with Crippen LogP contribution in [0.15, 0.2) is 48.7 Å². The van der Waals surface area contributed by atoms with Crippen LogP contribution in [0.25, 0.3) is 0 Å². The number of aromatic nitrogens is 1. The molecule has 37 heavy (non-hydrogen) atoms. The second kappa shape index (κ2) is 12.9. The lowest BCUT2D eigenvalue weighted by atomic mass is 9.96. The van der Waals surface area contributed by atoms with Crippen molar-refractivity contribution in [3.8, 4) is 0 Å². The van der Waals surface area contributed by atoms with E-state index in [-0.39, 0.29) is 30.9 Å². The third kappa shape index (κ3) is 7.37. The zero-order valence-electron chi connectivity index (χ0n) is 21.6. The molecule has 0 bridgehead atoms. The number of alkyl carbamates (subject to hydrolysis) is 1. The molecule has 1 amide bonds. The molecule has 2 atom stereocenters. The first kappa shape index (κ1) is 26.3. The minimum Gasteiger partial charge on any atom is -0.447 e. The number of carbonyl (C=O) groups excluding carboxylic acids is 1. The normalized spacial score (nSPS) is 24.1. The lowest BCUT2D eigenvalue weighted by Gasteiger charge is -2.46. The van der Waals surface area contributed by atoms with Crippen molar-refractivity contribution in [1.82, 2.24) is 15.2 Å². The second-order valence-corrected chi connectivity index (χ2v) is 11.1. The van der Waals surface area contributed by atoms with Gasteiger partial charge in [0.1, 0.15) is 18.5 Å². The van der Waals surface area contributed by atoms with Crippen LogP contribution < -0.4 is 10.2 Å². The van der Waals surface area contributed by atoms with Crippen molar-refractivity contribution >= 4 is 23.5 Å². The fraction of sp³-hybridized carbons (Fsp3) is 0.586. The Morgan fingerprint density at radius 1 is 1.05 bits per heavy atom. The number of piperidine rings is 1. The van der Waals surface area contributed by atoms with Crippen LogP contribution in [-0.4, -0.2) is 73.1 Å². The summed E-state index contributed by atoms with van der Waals surface area (Å²) < 4.78 is 11.9. The van der Waals surface area contributed by atoms with Crippen LogP contribution in [-0.2, 0) is 15.9 Å². The molecule has 0 radical (unpaired) electrons. The first-order chi connectivity index (χ1) is 18.1. The highest BCUT2D eigenvalue weighted by atomic mass is 35.5. The van der Waals surface area contributed by atoms with Crippen LogP contribution in [0.3, 0.4) is 0 Å². The van der Waals surface area contributed by atoms with Crippen molar-refractivity contribution < 1.29 is 14.3 Å². The van der Waals surface area contributed by atoms with Gasteiger partial charge in [0.25, 0.3) is 0 Å². The van der Waals surface area contributed by atoms with Crippen molar-refractivity contribution in [3.63, 3.8) is 0 Å². The number of carbonyl (C=O) groups is 1. The minimum absolute atomic E-state index is 0.118. The Kier molecular flexibility index (Phi) is 9.19. The van der Waals surface area contributed by atoms with Gasteiger partial charge in [0.2, 0.25) is 0 Å². The average molecular weight is 527 g/mol. The zero-order chi connectivity index (χ0) is 25.5. The van der Waals surface area contributed by atoms with E-state index in [9.17, 15) is 4.79 Å². The van der Waals surface area contributed by atoms with Crippen LogP contribution in [0.1, 0.15) is 50.5 Å². The molecule has 3 aliphatic rings. The smallest absolute Gasteiger partial charge is 0.407 e. The Labute approximate surface area is 225 Å². The van der Waals surface area contributed by atoms with E-state index in [2.05, 4.69) is 38.3 Å². The molecule has 1 aliphatic carbocycles. The first-order valence-corrected chi connectivity index (χ1v) is 14.2. The Morgan fingerprint density at radius 3 is 2.57 bits per heavy atom. The van der Waals surface area contributed by atoms with E-state index in [0.717, 1.165) is 62.6 Å². The number of nitrogens with zero attached hydrogens (tertiary/aromatic N) is 3. The monoisotopic (exact) mass is 526 g/mol. The Hall–Kier alpha value is -2.35. The number of anilines is 1. The molecule has 2 saturated heterocycles. The SMILES string of the molecule is O=C(NC1CCCCC1)OC[C@H]1CN(C2CCN(c3ccccn3)CC2)C(Cc2ccc(Cl)cc2)CO1. The summed E-state index contributed by atoms with van der Waals surface area (Å²) in [6.45, 7) is 3.65. The maximum Gasteiger partial charge on any atom is 0.407 e. The van der Waals surface area contributed by atoms with Crippen molar-refractivity contribution in [1.29, 1.82) is 0 Å². The van der Waals surface area contributed by atoms with Crippen molar-refractivity contribution in [2.45, 2.75) is 75.6 Å². The van der Waals surface area contributed by atoms with Crippen molar-refractivity contribution in [2.24, 2.45) is 0 Å². The number of hydrogen-bond acceptors (Lipinski definition) is 6. The molecule has 0 spiro atoms. The molecule has 3 fully saturated rings. The number of rotatable bonds is 7. The first-order valence-electron chi connectivity index (χ1n) is 13.8. The zero-order valence-corrected chi connectivity index (χ0v) is 22.3. The summed E-state index contributed by atoms with van der Waals surface area (Å²) in [4.78, 5) is 21.9. The van der Waals surface area contributed by atoms with Gasteiger partial charge >= 0.3 is 6.09 Å². The lowest BCUT2D eigenvalue weighted by Crippen LogP contribution is -2.58. The van der Waals surface area contributed by atoms with Crippen LogP contribution in [0, 0.1) is 0 Å². The lowest BCUT2D eigenvalue weighted by molar-refractivity contribution is -0.0991. The Morgan fingerprint density at radius 2 is 1.84 bits per heavy atom. The fourth-order valence-corrected chi connectivity index (χ4v) is 6.11. The predicted octanol–water partition coefficient (Wildman–Crippen LogP) is 5.07. The van der Waals surface area contributed by atoms with Gasteiger partial charge in [0.05, 0.1) is 6.61 Å². The van der Waals surface area contributed by atoms with Crippen LogP contribution >= 0.6 is 11.6 Å². The van der Waals surface area contributed by atoms with E-state index >= 15 is 0 Å². The van der Waals surface area contributed by atoms with Crippen LogP contribution in [0.2, 0.25) is 5.02 Å². The molecule has 8 heteroatoms. The molecule has 7 nitrogen and oxygen atoms in total. The summed E-state index contributed by atoms with van der Waals surface area (Å²) in [5.41, 5.74) is 1.26. The third-order valence-corrected chi connectivity index (χ3v) is 8.28. The van der Waals surface area contributed by atoms with Gasteiger partial charge in [-0.1, -0.05) is 49.1 Å². The standard InChI is InChI=1S/C29H39ClN4O3/c30-23-11-9-22(10-12-23)18-26-20-36-27(21-37-29(35)32-24-6-2-1-3-7-24)19-34(26)25-13-16-33(17-14-25)28-8-4-5-15-31-28/h4-5,8-12,15,24-27H,1-3,6-7,13-14,16-21H2,(H,32,35)/t26?,27-/m1/s1. The highest BCUT2D eigenvalue weighted by molar-refractivity contribution is 6.30. The second-order valence-electron chi connectivity index (χ2n) is 10.6. The minimum atomic E-state index is -0.311. The van der Waals surface area contributed by atoms with E-state index < -0.39 is 0 Å². The topological polar surface area (TPSA) is 66.9 Å². The van der Waals surface area contributed by atoms with Crippen molar-refractivity contribution in [3.05, 3.63) is 59.2 Å².